The smallest absolute Gasteiger partial charge is 0.150 e. The maximum Gasteiger partial charge on any atom is 0.150 e. The fourth-order valence-corrected chi connectivity index (χ4v) is 1.63. The fraction of sp³-hybridized carbons (Fsp3) is 0. The molecule has 0 amide bonds. The normalized spacial score (nSPS) is 10.3. The summed E-state index contributed by atoms with van der Waals surface area (Å²) < 4.78 is 13.4. The Labute approximate surface area is 95.7 Å². The van der Waals surface area contributed by atoms with Gasteiger partial charge in [0.25, 0.3) is 0 Å². The minimum atomic E-state index is -0.310. The Morgan fingerprint density at radius 2 is 2.13 bits per heavy atom. The second kappa shape index (κ2) is 4.08. The molecule has 1 N–H and O–H groups in total. The van der Waals surface area contributed by atoms with Crippen LogP contribution in [0.25, 0.3) is 11.1 Å². The molecule has 0 radical (unpaired) electrons. The van der Waals surface area contributed by atoms with Gasteiger partial charge >= 0.3 is 0 Å². The summed E-state index contributed by atoms with van der Waals surface area (Å²) in [5.74, 6) is -0.310. The van der Waals surface area contributed by atoms with Crippen molar-refractivity contribution < 1.29 is 4.39 Å². The molecular weight excluding hydrogens is 235 g/mol. The van der Waals surface area contributed by atoms with Crippen molar-refractivity contribution in [3.05, 3.63) is 45.9 Å². The molecule has 0 saturated carbocycles. The average Bonchev–Trinajstić information content (AvgIpc) is 2.22. The van der Waals surface area contributed by atoms with E-state index in [0.717, 1.165) is 0 Å². The number of rotatable bonds is 1. The Morgan fingerprint density at radius 3 is 2.87 bits per heavy atom. The van der Waals surface area contributed by atoms with Crippen LogP contribution in [-0.4, -0.2) is 10.2 Å². The van der Waals surface area contributed by atoms with Gasteiger partial charge < -0.3 is 0 Å². The Morgan fingerprint density at radius 1 is 1.33 bits per heavy atom. The summed E-state index contributed by atoms with van der Waals surface area (Å²) in [5.41, 5.74) is 1.35. The van der Waals surface area contributed by atoms with Crippen LogP contribution in [0.4, 0.5) is 4.39 Å². The molecule has 2 aromatic rings. The lowest BCUT2D eigenvalue weighted by molar-refractivity contribution is 0.628. The summed E-state index contributed by atoms with van der Waals surface area (Å²) in [6.45, 7) is 0. The van der Waals surface area contributed by atoms with Crippen LogP contribution in [0.1, 0.15) is 0 Å². The minimum absolute atomic E-state index is 0.294. The Hall–Kier alpha value is -1.26. The molecule has 0 fully saturated rings. The molecule has 1 aromatic carbocycles. The second-order valence-electron chi connectivity index (χ2n) is 2.94. The van der Waals surface area contributed by atoms with Crippen LogP contribution in [0, 0.1) is 10.5 Å². The number of nitrogens with one attached hydrogen (secondary N) is 1. The van der Waals surface area contributed by atoms with E-state index in [0.29, 0.717) is 20.9 Å². The standard InChI is InChI=1S/C10H6ClFN2S/c11-9-5-8(10(15)14-13-9)6-2-1-3-7(12)4-6/h1-5H,(H,14,15). The van der Waals surface area contributed by atoms with Crippen LogP contribution in [0.3, 0.4) is 0 Å². The van der Waals surface area contributed by atoms with E-state index in [-0.39, 0.29) is 5.82 Å². The third kappa shape index (κ3) is 2.22. The van der Waals surface area contributed by atoms with E-state index in [4.69, 9.17) is 23.8 Å². The highest BCUT2D eigenvalue weighted by molar-refractivity contribution is 7.71. The van der Waals surface area contributed by atoms with Crippen LogP contribution in [-0.2, 0) is 0 Å². The molecule has 2 rings (SSSR count). The number of hydrogen-bond acceptors (Lipinski definition) is 2. The Kier molecular flexibility index (Phi) is 2.79. The number of benzene rings is 1. The van der Waals surface area contributed by atoms with Gasteiger partial charge in [-0.15, -0.1) is 0 Å². The molecule has 1 heterocycles. The molecule has 0 spiro atoms. The van der Waals surface area contributed by atoms with Gasteiger partial charge in [0, 0.05) is 5.56 Å². The topological polar surface area (TPSA) is 28.7 Å². The minimum Gasteiger partial charge on any atom is -0.266 e. The fourth-order valence-electron chi connectivity index (χ4n) is 1.25. The largest absolute Gasteiger partial charge is 0.266 e. The van der Waals surface area contributed by atoms with Crippen molar-refractivity contribution in [3.8, 4) is 11.1 Å². The van der Waals surface area contributed by atoms with Gasteiger partial charge in [0.05, 0.1) is 0 Å². The Balaban J connectivity index is 2.63. The first kappa shape index (κ1) is 10.3. The molecule has 0 bridgehead atoms. The number of hydrogen-bond donors (Lipinski definition) is 1. The molecule has 76 valence electrons. The molecule has 0 aliphatic carbocycles. The molecule has 2 nitrogen and oxygen atoms in total. The maximum absolute atomic E-state index is 13.0. The van der Waals surface area contributed by atoms with Crippen molar-refractivity contribution in [3.63, 3.8) is 0 Å². The summed E-state index contributed by atoms with van der Waals surface area (Å²) in [6, 6.07) is 7.76. The predicted octanol–water partition coefficient (Wildman–Crippen LogP) is 3.60. The van der Waals surface area contributed by atoms with Crippen LogP contribution in [0.2, 0.25) is 5.15 Å². The number of H-pyrrole nitrogens is 1. The number of halogens is 2. The molecule has 15 heavy (non-hydrogen) atoms. The third-order valence-electron chi connectivity index (χ3n) is 1.91. The molecule has 0 aliphatic heterocycles. The zero-order valence-electron chi connectivity index (χ0n) is 7.50. The van der Waals surface area contributed by atoms with Crippen LogP contribution in [0.5, 0.6) is 0 Å². The van der Waals surface area contributed by atoms with E-state index in [1.807, 2.05) is 0 Å². The number of nitrogens with zero attached hydrogens (tertiary/aromatic N) is 1. The quantitative estimate of drug-likeness (QED) is 0.772. The van der Waals surface area contributed by atoms with Crippen molar-refractivity contribution in [2.24, 2.45) is 0 Å². The van der Waals surface area contributed by atoms with Gasteiger partial charge in [0.2, 0.25) is 0 Å². The lowest BCUT2D eigenvalue weighted by Gasteiger charge is -2.01. The third-order valence-corrected chi connectivity index (χ3v) is 2.41. The van der Waals surface area contributed by atoms with Crippen molar-refractivity contribution in [2.75, 3.05) is 0 Å². The zero-order chi connectivity index (χ0) is 10.8. The lowest BCUT2D eigenvalue weighted by Crippen LogP contribution is -1.88. The van der Waals surface area contributed by atoms with E-state index in [2.05, 4.69) is 10.2 Å². The van der Waals surface area contributed by atoms with E-state index in [1.165, 1.54) is 12.1 Å². The van der Waals surface area contributed by atoms with Crippen molar-refractivity contribution in [2.45, 2.75) is 0 Å². The molecule has 0 unspecified atom stereocenters. The zero-order valence-corrected chi connectivity index (χ0v) is 9.07. The highest BCUT2D eigenvalue weighted by Crippen LogP contribution is 2.22. The Bertz CT molecular complexity index is 553. The molecule has 0 atom stereocenters. The van der Waals surface area contributed by atoms with Gasteiger partial charge in [0.1, 0.15) is 15.6 Å². The molecule has 0 aliphatic rings. The first-order chi connectivity index (χ1) is 7.16. The molecular formula is C10H6ClFN2S. The van der Waals surface area contributed by atoms with E-state index in [1.54, 1.807) is 18.2 Å². The summed E-state index contributed by atoms with van der Waals surface area (Å²) in [5, 5.41) is 6.62. The first-order valence-corrected chi connectivity index (χ1v) is 4.96. The highest BCUT2D eigenvalue weighted by atomic mass is 35.5. The summed E-state index contributed by atoms with van der Waals surface area (Å²) >= 11 is 10.8. The van der Waals surface area contributed by atoms with Crippen LogP contribution >= 0.6 is 23.8 Å². The maximum atomic E-state index is 13.0. The average molecular weight is 241 g/mol. The summed E-state index contributed by atoms with van der Waals surface area (Å²) in [4.78, 5) is 0. The molecule has 5 heteroatoms. The van der Waals surface area contributed by atoms with Gasteiger partial charge in [0.15, 0.2) is 0 Å². The van der Waals surface area contributed by atoms with E-state index >= 15 is 0 Å². The van der Waals surface area contributed by atoms with Gasteiger partial charge in [-0.05, 0) is 23.8 Å². The van der Waals surface area contributed by atoms with Crippen LogP contribution < -0.4 is 0 Å². The SMILES string of the molecule is Fc1cccc(-c2cc(Cl)n[nH]c2=S)c1. The van der Waals surface area contributed by atoms with Gasteiger partial charge in [-0.2, -0.15) is 5.10 Å². The van der Waals surface area contributed by atoms with Crippen LogP contribution in [0.15, 0.2) is 30.3 Å². The lowest BCUT2D eigenvalue weighted by atomic mass is 10.1. The van der Waals surface area contributed by atoms with Crippen molar-refractivity contribution >= 4 is 23.8 Å². The predicted molar refractivity (Wildman–Crippen MR) is 59.8 cm³/mol. The van der Waals surface area contributed by atoms with Crippen molar-refractivity contribution in [1.82, 2.24) is 10.2 Å². The highest BCUT2D eigenvalue weighted by Gasteiger charge is 2.03. The molecule has 0 saturated heterocycles. The monoisotopic (exact) mass is 240 g/mol. The second-order valence-corrected chi connectivity index (χ2v) is 3.74. The van der Waals surface area contributed by atoms with Crippen molar-refractivity contribution in [1.29, 1.82) is 0 Å². The summed E-state index contributed by atoms with van der Waals surface area (Å²) in [7, 11) is 0. The number of aromatic amines is 1. The van der Waals surface area contributed by atoms with E-state index < -0.39 is 0 Å². The first-order valence-electron chi connectivity index (χ1n) is 4.18. The number of aromatic nitrogens is 2. The van der Waals surface area contributed by atoms with Gasteiger partial charge in [-0.25, -0.2) is 4.39 Å². The van der Waals surface area contributed by atoms with Gasteiger partial charge in [-0.1, -0.05) is 36.0 Å². The summed E-state index contributed by atoms with van der Waals surface area (Å²) in [6.07, 6.45) is 0. The van der Waals surface area contributed by atoms with Gasteiger partial charge in [-0.3, -0.25) is 5.10 Å². The molecule has 1 aromatic heterocycles. The van der Waals surface area contributed by atoms with E-state index in [9.17, 15) is 4.39 Å².